The van der Waals surface area contributed by atoms with Crippen LogP contribution in [0.3, 0.4) is 0 Å². The Morgan fingerprint density at radius 1 is 1.04 bits per heavy atom. The van der Waals surface area contributed by atoms with Gasteiger partial charge in [0.15, 0.2) is 5.03 Å². The molecule has 0 spiro atoms. The summed E-state index contributed by atoms with van der Waals surface area (Å²) >= 11 is 1.18. The zero-order valence-corrected chi connectivity index (χ0v) is 15.6. The van der Waals surface area contributed by atoms with Gasteiger partial charge >= 0.3 is 5.69 Å². The molecule has 0 saturated carbocycles. The molecule has 0 aliphatic heterocycles. The summed E-state index contributed by atoms with van der Waals surface area (Å²) in [5.74, 6) is 0.558. The summed E-state index contributed by atoms with van der Waals surface area (Å²) in [5, 5.41) is 15.9. The van der Waals surface area contributed by atoms with Gasteiger partial charge < -0.3 is 5.32 Å². The number of hydrogen-bond donors (Lipinski definition) is 1. The number of fused-ring (bicyclic) bond motifs is 1. The average Bonchev–Trinajstić information content (AvgIpc) is 2.70. The first-order valence-electron chi connectivity index (χ1n) is 8.32. The third-order valence-electron chi connectivity index (χ3n) is 3.93. The summed E-state index contributed by atoms with van der Waals surface area (Å²) in [6.07, 6.45) is 4.66. The Morgan fingerprint density at radius 3 is 2.68 bits per heavy atom. The zero-order chi connectivity index (χ0) is 19.5. The summed E-state index contributed by atoms with van der Waals surface area (Å²) in [4.78, 5) is 28.9. The van der Waals surface area contributed by atoms with Gasteiger partial charge in [-0.15, -0.1) is 0 Å². The molecule has 9 heteroatoms. The van der Waals surface area contributed by atoms with Crippen LogP contribution in [0.25, 0.3) is 10.9 Å². The normalized spacial score (nSPS) is 10.8. The summed E-state index contributed by atoms with van der Waals surface area (Å²) in [6.45, 7) is 1.91. The van der Waals surface area contributed by atoms with Gasteiger partial charge in [-0.1, -0.05) is 36.0 Å². The van der Waals surface area contributed by atoms with Crippen LogP contribution in [0.1, 0.15) is 5.56 Å². The van der Waals surface area contributed by atoms with Crippen molar-refractivity contribution < 1.29 is 4.92 Å². The van der Waals surface area contributed by atoms with Gasteiger partial charge in [0.25, 0.3) is 0 Å². The minimum Gasteiger partial charge on any atom is -0.319 e. The summed E-state index contributed by atoms with van der Waals surface area (Å²) in [5.41, 5.74) is 1.54. The van der Waals surface area contributed by atoms with E-state index in [2.05, 4.69) is 25.3 Å². The van der Waals surface area contributed by atoms with Crippen molar-refractivity contribution in [1.29, 1.82) is 0 Å². The highest BCUT2D eigenvalue weighted by Gasteiger charge is 2.24. The minimum atomic E-state index is -0.489. The van der Waals surface area contributed by atoms with Crippen molar-refractivity contribution in [2.75, 3.05) is 5.32 Å². The number of nitrogens with one attached hydrogen (secondary N) is 1. The highest BCUT2D eigenvalue weighted by Crippen LogP contribution is 2.39. The number of rotatable bonds is 5. The van der Waals surface area contributed by atoms with E-state index in [1.54, 1.807) is 18.5 Å². The molecule has 0 bridgehead atoms. The van der Waals surface area contributed by atoms with E-state index in [0.29, 0.717) is 5.82 Å². The van der Waals surface area contributed by atoms with Crippen LogP contribution in [0.5, 0.6) is 0 Å². The van der Waals surface area contributed by atoms with Gasteiger partial charge in [-0.2, -0.15) is 0 Å². The minimum absolute atomic E-state index is 0.0899. The SMILES string of the molecule is Cc1ccc(Nc2ncnc(Sc3cccc4cccnc34)c2[N+](=O)[O-])nc1. The lowest BCUT2D eigenvalue weighted by molar-refractivity contribution is -0.387. The van der Waals surface area contributed by atoms with Gasteiger partial charge in [0.2, 0.25) is 5.82 Å². The molecule has 138 valence electrons. The number of anilines is 2. The van der Waals surface area contributed by atoms with Crippen LogP contribution in [0.15, 0.2) is 71.1 Å². The Kier molecular flexibility index (Phi) is 4.81. The number of hydrogen-bond acceptors (Lipinski definition) is 8. The molecular formula is C19H14N6O2S. The second kappa shape index (κ2) is 7.57. The van der Waals surface area contributed by atoms with Crippen LogP contribution < -0.4 is 5.32 Å². The average molecular weight is 390 g/mol. The maximum absolute atomic E-state index is 11.8. The fourth-order valence-electron chi connectivity index (χ4n) is 2.62. The first-order chi connectivity index (χ1) is 13.6. The van der Waals surface area contributed by atoms with E-state index in [4.69, 9.17) is 0 Å². The molecule has 4 rings (SSSR count). The molecule has 8 nitrogen and oxygen atoms in total. The summed E-state index contributed by atoms with van der Waals surface area (Å²) < 4.78 is 0. The van der Waals surface area contributed by atoms with Gasteiger partial charge in [-0.25, -0.2) is 15.0 Å². The fourth-order valence-corrected chi connectivity index (χ4v) is 3.61. The number of pyridine rings is 2. The van der Waals surface area contributed by atoms with E-state index >= 15 is 0 Å². The molecule has 3 heterocycles. The van der Waals surface area contributed by atoms with Crippen LogP contribution in [-0.2, 0) is 0 Å². The molecule has 0 aliphatic rings. The second-order valence-electron chi connectivity index (χ2n) is 5.91. The Balaban J connectivity index is 1.74. The van der Waals surface area contributed by atoms with E-state index in [1.807, 2.05) is 43.3 Å². The highest BCUT2D eigenvalue weighted by molar-refractivity contribution is 7.99. The lowest BCUT2D eigenvalue weighted by Gasteiger charge is -2.09. The third-order valence-corrected chi connectivity index (χ3v) is 4.97. The van der Waals surface area contributed by atoms with Crippen LogP contribution in [0, 0.1) is 17.0 Å². The first kappa shape index (κ1) is 17.8. The largest absolute Gasteiger partial charge is 0.344 e. The molecule has 0 atom stereocenters. The standard InChI is InChI=1S/C19H14N6O2S/c1-12-7-8-15(21-10-12)24-18-17(25(26)27)19(23-11-22-18)28-14-6-2-4-13-5-3-9-20-16(13)14/h2-11H,1H3,(H,21,22,23,24). The predicted molar refractivity (Wildman–Crippen MR) is 107 cm³/mol. The van der Waals surface area contributed by atoms with Crippen molar-refractivity contribution in [3.63, 3.8) is 0 Å². The van der Waals surface area contributed by atoms with E-state index in [1.165, 1.54) is 18.1 Å². The summed E-state index contributed by atoms with van der Waals surface area (Å²) in [6, 6.07) is 13.1. The Morgan fingerprint density at radius 2 is 1.89 bits per heavy atom. The molecule has 0 fully saturated rings. The van der Waals surface area contributed by atoms with Crippen molar-refractivity contribution in [3.8, 4) is 0 Å². The molecule has 28 heavy (non-hydrogen) atoms. The first-order valence-corrected chi connectivity index (χ1v) is 9.14. The van der Waals surface area contributed by atoms with Crippen molar-refractivity contribution >= 4 is 40.0 Å². The van der Waals surface area contributed by atoms with Crippen LogP contribution in [0.2, 0.25) is 0 Å². The van der Waals surface area contributed by atoms with E-state index in [0.717, 1.165) is 21.4 Å². The van der Waals surface area contributed by atoms with E-state index in [-0.39, 0.29) is 16.5 Å². The van der Waals surface area contributed by atoms with Crippen molar-refractivity contribution in [3.05, 3.63) is 76.9 Å². The van der Waals surface area contributed by atoms with Gasteiger partial charge in [0.1, 0.15) is 12.1 Å². The second-order valence-corrected chi connectivity index (χ2v) is 6.94. The number of nitro groups is 1. The molecule has 4 aromatic rings. The molecule has 1 N–H and O–H groups in total. The molecule has 0 saturated heterocycles. The van der Waals surface area contributed by atoms with Crippen LogP contribution >= 0.6 is 11.8 Å². The van der Waals surface area contributed by atoms with Crippen molar-refractivity contribution in [1.82, 2.24) is 19.9 Å². The molecule has 0 amide bonds. The monoisotopic (exact) mass is 390 g/mol. The van der Waals surface area contributed by atoms with Crippen LogP contribution in [-0.4, -0.2) is 24.9 Å². The van der Waals surface area contributed by atoms with Crippen molar-refractivity contribution in [2.45, 2.75) is 16.8 Å². The number of benzene rings is 1. The third kappa shape index (κ3) is 3.60. The van der Waals surface area contributed by atoms with E-state index < -0.39 is 4.92 Å². The topological polar surface area (TPSA) is 107 Å². The van der Waals surface area contributed by atoms with Gasteiger partial charge in [-0.3, -0.25) is 15.1 Å². The number of aromatic nitrogens is 4. The molecule has 0 radical (unpaired) electrons. The number of para-hydroxylation sites is 1. The predicted octanol–water partition coefficient (Wildman–Crippen LogP) is 4.53. The Hall–Kier alpha value is -3.59. The molecule has 3 aromatic heterocycles. The van der Waals surface area contributed by atoms with Gasteiger partial charge in [-0.05, 0) is 30.7 Å². The Labute approximate surface area is 164 Å². The highest BCUT2D eigenvalue weighted by atomic mass is 32.2. The molecule has 0 aliphatic carbocycles. The van der Waals surface area contributed by atoms with Gasteiger partial charge in [0.05, 0.1) is 10.4 Å². The smallest absolute Gasteiger partial charge is 0.319 e. The number of aryl methyl sites for hydroxylation is 1. The Bertz CT molecular complexity index is 1160. The fraction of sp³-hybridized carbons (Fsp3) is 0.0526. The molecule has 1 aromatic carbocycles. The summed E-state index contributed by atoms with van der Waals surface area (Å²) in [7, 11) is 0. The zero-order valence-electron chi connectivity index (χ0n) is 14.7. The van der Waals surface area contributed by atoms with Gasteiger partial charge in [0, 0.05) is 22.7 Å². The maximum atomic E-state index is 11.8. The van der Waals surface area contributed by atoms with E-state index in [9.17, 15) is 10.1 Å². The molecular weight excluding hydrogens is 376 g/mol. The number of nitrogens with zero attached hydrogens (tertiary/aromatic N) is 5. The quantitative estimate of drug-likeness (QED) is 0.301. The lowest BCUT2D eigenvalue weighted by atomic mass is 10.2. The maximum Gasteiger partial charge on any atom is 0.344 e. The molecule has 0 unspecified atom stereocenters. The van der Waals surface area contributed by atoms with Crippen molar-refractivity contribution in [2.24, 2.45) is 0 Å². The lowest BCUT2D eigenvalue weighted by Crippen LogP contribution is -2.03. The van der Waals surface area contributed by atoms with Crippen LogP contribution in [0.4, 0.5) is 17.3 Å².